The highest BCUT2D eigenvalue weighted by molar-refractivity contribution is 8.00. The van der Waals surface area contributed by atoms with Crippen molar-refractivity contribution < 1.29 is 4.79 Å². The molecular formula is C25H25Cl2N5OS2. The van der Waals surface area contributed by atoms with E-state index in [1.807, 2.05) is 36.4 Å². The average Bonchev–Trinajstić information content (AvgIpc) is 2.87. The summed E-state index contributed by atoms with van der Waals surface area (Å²) in [5.74, 6) is 0. The summed E-state index contributed by atoms with van der Waals surface area (Å²) in [5.41, 5.74) is 12.1. The van der Waals surface area contributed by atoms with Crippen LogP contribution < -0.4 is 20.6 Å². The second-order valence-electron chi connectivity index (χ2n) is 7.33. The van der Waals surface area contributed by atoms with Crippen LogP contribution in [-0.2, 0) is 11.2 Å². The van der Waals surface area contributed by atoms with Gasteiger partial charge in [-0.3, -0.25) is 5.14 Å². The molecule has 0 saturated heterocycles. The van der Waals surface area contributed by atoms with Crippen LogP contribution in [0.1, 0.15) is 24.5 Å². The van der Waals surface area contributed by atoms with Gasteiger partial charge in [0.2, 0.25) is 0 Å². The number of nitrogens with zero attached hydrogens (tertiary/aromatic N) is 2. The summed E-state index contributed by atoms with van der Waals surface area (Å²) < 4.78 is 3.36. The minimum atomic E-state index is 0.633. The third-order valence-electron chi connectivity index (χ3n) is 5.08. The van der Waals surface area contributed by atoms with Crippen LogP contribution in [0.3, 0.4) is 0 Å². The normalized spacial score (nSPS) is 12.2. The first-order valence-electron chi connectivity index (χ1n) is 10.5. The molecule has 3 aromatic carbocycles. The standard InChI is InChI=1S/C23H21Cl2N5S2.C2H4O/c1-28-30(17-6-8-18(31-27)9-7-17)23-19-13-16(5-2-14(19)3-11-21(23)26)29-32-22-12-15(24)4-10-20(22)25;1-2-3/h2,4-10,12-13,29H,1,3,11,26-27H2;2H,1H3. The highest BCUT2D eigenvalue weighted by atomic mass is 35.5. The molecule has 0 spiro atoms. The van der Waals surface area contributed by atoms with Gasteiger partial charge in [0.15, 0.2) is 0 Å². The average molecular weight is 547 g/mol. The van der Waals surface area contributed by atoms with E-state index in [4.69, 9.17) is 38.9 Å². The molecule has 4 rings (SSSR count). The zero-order valence-electron chi connectivity index (χ0n) is 19.0. The predicted molar refractivity (Wildman–Crippen MR) is 152 cm³/mol. The fraction of sp³-hybridized carbons (Fsp3) is 0.120. The van der Waals surface area contributed by atoms with Gasteiger partial charge in [-0.05, 0) is 104 Å². The number of halogens is 2. The zero-order valence-corrected chi connectivity index (χ0v) is 22.1. The van der Waals surface area contributed by atoms with Crippen LogP contribution in [-0.4, -0.2) is 13.0 Å². The van der Waals surface area contributed by atoms with Crippen molar-refractivity contribution in [3.8, 4) is 0 Å². The van der Waals surface area contributed by atoms with Gasteiger partial charge in [0.25, 0.3) is 0 Å². The third-order valence-corrected chi connectivity index (χ3v) is 7.19. The summed E-state index contributed by atoms with van der Waals surface area (Å²) in [7, 11) is 0. The van der Waals surface area contributed by atoms with Gasteiger partial charge in [0.1, 0.15) is 6.29 Å². The molecule has 0 unspecified atom stereocenters. The monoisotopic (exact) mass is 545 g/mol. The third kappa shape index (κ3) is 6.74. The van der Waals surface area contributed by atoms with Gasteiger partial charge in [-0.15, -0.1) is 0 Å². The number of carbonyl (C=O) groups excluding carboxylic acids is 1. The Hall–Kier alpha value is -2.62. The minimum Gasteiger partial charge on any atom is -0.400 e. The molecule has 0 fully saturated rings. The van der Waals surface area contributed by atoms with E-state index in [-0.39, 0.29) is 0 Å². The number of nitrogens with one attached hydrogen (secondary N) is 1. The zero-order chi connectivity index (χ0) is 25.4. The van der Waals surface area contributed by atoms with Crippen molar-refractivity contribution in [2.75, 3.05) is 9.73 Å². The van der Waals surface area contributed by atoms with Gasteiger partial charge in [-0.1, -0.05) is 29.3 Å². The van der Waals surface area contributed by atoms with Crippen molar-refractivity contribution in [1.29, 1.82) is 0 Å². The predicted octanol–water partition coefficient (Wildman–Crippen LogP) is 6.98. The maximum Gasteiger partial charge on any atom is 0.116 e. The molecule has 1 aliphatic carbocycles. The molecular weight excluding hydrogens is 521 g/mol. The van der Waals surface area contributed by atoms with Crippen molar-refractivity contribution in [3.63, 3.8) is 0 Å². The van der Waals surface area contributed by atoms with Crippen molar-refractivity contribution in [3.05, 3.63) is 87.5 Å². The summed E-state index contributed by atoms with van der Waals surface area (Å²) in [6.07, 6.45) is 2.37. The molecule has 6 nitrogen and oxygen atoms in total. The lowest BCUT2D eigenvalue weighted by atomic mass is 9.91. The van der Waals surface area contributed by atoms with Gasteiger partial charge in [-0.25, -0.2) is 5.01 Å². The number of hydrogen-bond acceptors (Lipinski definition) is 8. The van der Waals surface area contributed by atoms with Crippen LogP contribution in [0.5, 0.6) is 0 Å². The number of nitrogens with two attached hydrogens (primary N) is 2. The Morgan fingerprint density at radius 3 is 2.46 bits per heavy atom. The van der Waals surface area contributed by atoms with Crippen LogP contribution in [0.4, 0.5) is 11.4 Å². The van der Waals surface area contributed by atoms with Crippen molar-refractivity contribution in [2.45, 2.75) is 29.6 Å². The fourth-order valence-electron chi connectivity index (χ4n) is 3.51. The number of hydrazone groups is 1. The number of rotatable bonds is 7. The molecule has 0 bridgehead atoms. The molecule has 0 radical (unpaired) electrons. The number of hydrogen-bond donors (Lipinski definition) is 3. The molecule has 182 valence electrons. The van der Waals surface area contributed by atoms with Crippen LogP contribution >= 0.6 is 47.1 Å². The molecule has 0 aliphatic heterocycles. The van der Waals surface area contributed by atoms with E-state index in [0.29, 0.717) is 10.0 Å². The molecule has 0 aromatic heterocycles. The molecule has 0 amide bonds. The van der Waals surface area contributed by atoms with Crippen molar-refractivity contribution in [1.82, 2.24) is 0 Å². The second kappa shape index (κ2) is 12.9. The first-order valence-corrected chi connectivity index (χ1v) is 13.0. The lowest BCUT2D eigenvalue weighted by molar-refractivity contribution is -0.106. The second-order valence-corrected chi connectivity index (χ2v) is 9.72. The number of aldehydes is 1. The Labute approximate surface area is 224 Å². The van der Waals surface area contributed by atoms with E-state index < -0.39 is 0 Å². The van der Waals surface area contributed by atoms with E-state index in [1.54, 1.807) is 17.1 Å². The van der Waals surface area contributed by atoms with E-state index in [2.05, 4.69) is 28.7 Å². The van der Waals surface area contributed by atoms with E-state index in [1.165, 1.54) is 36.4 Å². The van der Waals surface area contributed by atoms with Gasteiger partial charge < -0.3 is 15.3 Å². The lowest BCUT2D eigenvalue weighted by Crippen LogP contribution is -2.23. The van der Waals surface area contributed by atoms with Gasteiger partial charge in [-0.2, -0.15) is 5.10 Å². The molecule has 5 N–H and O–H groups in total. The summed E-state index contributed by atoms with van der Waals surface area (Å²) in [4.78, 5) is 10.6. The molecule has 0 saturated carbocycles. The Morgan fingerprint density at radius 1 is 1.09 bits per heavy atom. The number of anilines is 2. The molecule has 3 aromatic rings. The number of benzene rings is 3. The molecule has 35 heavy (non-hydrogen) atoms. The van der Waals surface area contributed by atoms with Crippen LogP contribution in [0.25, 0.3) is 5.70 Å². The van der Waals surface area contributed by atoms with Crippen LogP contribution in [0.2, 0.25) is 10.0 Å². The Kier molecular flexibility index (Phi) is 9.94. The Bertz CT molecular complexity index is 1240. The SMILES string of the molecule is C=NN(C1=C(N)CCc2ccc(NSc3cc(Cl)ccc3Cl)cc21)c1ccc(SN)cc1.CC=O. The Morgan fingerprint density at radius 2 is 1.80 bits per heavy atom. The van der Waals surface area contributed by atoms with E-state index in [0.717, 1.165) is 57.3 Å². The number of carbonyl (C=O) groups is 1. The van der Waals surface area contributed by atoms with Gasteiger partial charge in [0.05, 0.1) is 16.4 Å². The maximum absolute atomic E-state index is 8.81. The van der Waals surface area contributed by atoms with Gasteiger partial charge >= 0.3 is 0 Å². The summed E-state index contributed by atoms with van der Waals surface area (Å²) in [6, 6.07) is 19.4. The number of fused-ring (bicyclic) bond motifs is 1. The maximum atomic E-state index is 8.81. The highest BCUT2D eigenvalue weighted by Crippen LogP contribution is 2.38. The topological polar surface area (TPSA) is 96.7 Å². The molecule has 0 heterocycles. The first-order chi connectivity index (χ1) is 16.9. The first kappa shape index (κ1) is 27.0. The number of allylic oxidation sites excluding steroid dienone is 1. The highest BCUT2D eigenvalue weighted by Gasteiger charge is 2.24. The minimum absolute atomic E-state index is 0.633. The van der Waals surface area contributed by atoms with Crippen LogP contribution in [0, 0.1) is 0 Å². The van der Waals surface area contributed by atoms with Crippen LogP contribution in [0.15, 0.2) is 81.3 Å². The summed E-state index contributed by atoms with van der Waals surface area (Å²) in [6.45, 7) is 5.23. The van der Waals surface area contributed by atoms with E-state index >= 15 is 0 Å². The largest absolute Gasteiger partial charge is 0.400 e. The Balaban J connectivity index is 0.00000108. The van der Waals surface area contributed by atoms with Crippen molar-refractivity contribution >= 4 is 77.2 Å². The van der Waals surface area contributed by atoms with Crippen molar-refractivity contribution in [2.24, 2.45) is 16.0 Å². The number of aryl methyl sites for hydroxylation is 1. The summed E-state index contributed by atoms with van der Waals surface area (Å²) in [5, 5.41) is 13.0. The molecule has 10 heteroatoms. The smallest absolute Gasteiger partial charge is 0.116 e. The van der Waals surface area contributed by atoms with E-state index in [9.17, 15) is 0 Å². The summed E-state index contributed by atoms with van der Waals surface area (Å²) >= 11 is 15.0. The fourth-order valence-corrected chi connectivity index (χ4v) is 4.98. The quantitative estimate of drug-likeness (QED) is 0.127. The lowest BCUT2D eigenvalue weighted by Gasteiger charge is -2.29. The van der Waals surface area contributed by atoms with Gasteiger partial charge in [0, 0.05) is 38.5 Å². The molecule has 0 atom stereocenters. The molecule has 1 aliphatic rings.